The predicted molar refractivity (Wildman–Crippen MR) is 88.1 cm³/mol. The second-order valence-corrected chi connectivity index (χ2v) is 4.40. The zero-order valence-electron chi connectivity index (χ0n) is 13.4. The Morgan fingerprint density at radius 2 is 1.29 bits per heavy atom. The number of benzene rings is 2. The molecule has 0 saturated carbocycles. The molecule has 6 heteroatoms. The monoisotopic (exact) mass is 332 g/mol. The fraction of sp³-hybridized carbons (Fsp3) is 0.222. The van der Waals surface area contributed by atoms with Gasteiger partial charge in [-0.3, -0.25) is 0 Å². The van der Waals surface area contributed by atoms with Crippen LogP contribution in [0.25, 0.3) is 0 Å². The van der Waals surface area contributed by atoms with E-state index in [-0.39, 0.29) is 19.2 Å². The van der Waals surface area contributed by atoms with Crippen molar-refractivity contribution >= 4 is 11.9 Å². The molecule has 0 aliphatic rings. The lowest BCUT2D eigenvalue weighted by Crippen LogP contribution is -2.14. The summed E-state index contributed by atoms with van der Waals surface area (Å²) >= 11 is 0. The summed E-state index contributed by atoms with van der Waals surface area (Å²) in [6, 6.07) is 18.0. The zero-order valence-corrected chi connectivity index (χ0v) is 13.4. The summed E-state index contributed by atoms with van der Waals surface area (Å²) in [5, 5.41) is 8.25. The number of ether oxygens (including phenoxy) is 3. The van der Waals surface area contributed by atoms with Crippen molar-refractivity contribution < 1.29 is 28.9 Å². The third-order valence-corrected chi connectivity index (χ3v) is 2.51. The van der Waals surface area contributed by atoms with E-state index in [9.17, 15) is 9.59 Å². The number of aliphatic carboxylic acids is 1. The van der Waals surface area contributed by atoms with E-state index in [1.165, 1.54) is 0 Å². The molecule has 0 amide bonds. The van der Waals surface area contributed by atoms with Crippen LogP contribution in [0.4, 0.5) is 0 Å². The number of hydrogen-bond acceptors (Lipinski definition) is 5. The second-order valence-electron chi connectivity index (χ2n) is 4.40. The van der Waals surface area contributed by atoms with Crippen LogP contribution in [0.15, 0.2) is 60.7 Å². The molecule has 2 aromatic carbocycles. The van der Waals surface area contributed by atoms with Gasteiger partial charge >= 0.3 is 11.9 Å². The predicted octanol–water partition coefficient (Wildman–Crippen LogP) is 2.78. The van der Waals surface area contributed by atoms with Crippen molar-refractivity contribution in [1.82, 2.24) is 0 Å². The van der Waals surface area contributed by atoms with Gasteiger partial charge < -0.3 is 19.3 Å². The molecule has 128 valence electrons. The van der Waals surface area contributed by atoms with Gasteiger partial charge in [-0.05, 0) is 31.2 Å². The van der Waals surface area contributed by atoms with Crippen LogP contribution < -0.4 is 9.47 Å². The van der Waals surface area contributed by atoms with Crippen molar-refractivity contribution in [2.24, 2.45) is 0 Å². The molecule has 1 N–H and O–H groups in total. The lowest BCUT2D eigenvalue weighted by molar-refractivity contribution is -0.145. The fourth-order valence-corrected chi connectivity index (χ4v) is 1.52. The first-order valence-electron chi connectivity index (χ1n) is 7.35. The van der Waals surface area contributed by atoms with E-state index in [2.05, 4.69) is 0 Å². The molecule has 0 saturated heterocycles. The Hall–Kier alpha value is -3.02. The highest BCUT2D eigenvalue weighted by Crippen LogP contribution is 2.08. The average Bonchev–Trinajstić information content (AvgIpc) is 2.61. The van der Waals surface area contributed by atoms with Gasteiger partial charge in [0.1, 0.15) is 11.5 Å². The molecule has 6 nitrogen and oxygen atoms in total. The summed E-state index contributed by atoms with van der Waals surface area (Å²) < 4.78 is 14.7. The van der Waals surface area contributed by atoms with E-state index < -0.39 is 5.97 Å². The maximum atomic E-state index is 10.9. The van der Waals surface area contributed by atoms with Gasteiger partial charge in [-0.15, -0.1) is 0 Å². The third-order valence-electron chi connectivity index (χ3n) is 2.51. The minimum atomic E-state index is -0.964. The van der Waals surface area contributed by atoms with Crippen LogP contribution in [-0.4, -0.2) is 36.9 Å². The standard InChI is InChI=1S/C10H12O3.C8H8O3/c1-2-12-10(11)8-13-9-6-4-3-5-7-9;9-8(10)6-11-7-4-2-1-3-5-7/h3-7H,2,8H2,1H3;1-5H,6H2,(H,9,10). The summed E-state index contributed by atoms with van der Waals surface area (Å²) in [6.45, 7) is 1.83. The number of carboxylic acids is 1. The molecular weight excluding hydrogens is 312 g/mol. The fourth-order valence-electron chi connectivity index (χ4n) is 1.52. The SMILES string of the molecule is CCOC(=O)COc1ccccc1.O=C(O)COc1ccccc1. The molecule has 0 radical (unpaired) electrons. The molecule has 0 fully saturated rings. The Morgan fingerprint density at radius 1 is 0.833 bits per heavy atom. The Bertz CT molecular complexity index is 597. The molecule has 2 aromatic rings. The normalized spacial score (nSPS) is 9.21. The molecule has 0 aliphatic heterocycles. The first-order chi connectivity index (χ1) is 11.6. The first-order valence-corrected chi connectivity index (χ1v) is 7.35. The van der Waals surface area contributed by atoms with Crippen molar-refractivity contribution in [3.63, 3.8) is 0 Å². The number of carboxylic acid groups (broad SMARTS) is 1. The van der Waals surface area contributed by atoms with Gasteiger partial charge in [-0.2, -0.15) is 0 Å². The summed E-state index contributed by atoms with van der Waals surface area (Å²) in [7, 11) is 0. The summed E-state index contributed by atoms with van der Waals surface area (Å²) in [5.74, 6) is -0.0503. The molecular formula is C18H20O6. The molecule has 2 rings (SSSR count). The molecule has 0 bridgehead atoms. The van der Waals surface area contributed by atoms with E-state index >= 15 is 0 Å². The number of carbonyl (C=O) groups excluding carboxylic acids is 1. The van der Waals surface area contributed by atoms with Gasteiger partial charge in [0.05, 0.1) is 6.61 Å². The van der Waals surface area contributed by atoms with Gasteiger partial charge in [0.15, 0.2) is 13.2 Å². The molecule has 0 spiro atoms. The number of hydrogen-bond donors (Lipinski definition) is 1. The quantitative estimate of drug-likeness (QED) is 0.785. The van der Waals surface area contributed by atoms with Crippen LogP contribution in [0.3, 0.4) is 0 Å². The molecule has 0 heterocycles. The van der Waals surface area contributed by atoms with Gasteiger partial charge in [-0.1, -0.05) is 36.4 Å². The lowest BCUT2D eigenvalue weighted by Gasteiger charge is -2.04. The molecule has 0 aromatic heterocycles. The second kappa shape index (κ2) is 11.5. The van der Waals surface area contributed by atoms with E-state index in [4.69, 9.17) is 19.3 Å². The van der Waals surface area contributed by atoms with Crippen LogP contribution in [0, 0.1) is 0 Å². The van der Waals surface area contributed by atoms with Gasteiger partial charge in [0, 0.05) is 0 Å². The molecule has 0 unspecified atom stereocenters. The van der Waals surface area contributed by atoms with Crippen LogP contribution in [0.2, 0.25) is 0 Å². The Labute approximate surface area is 140 Å². The highest BCUT2D eigenvalue weighted by atomic mass is 16.6. The van der Waals surface area contributed by atoms with Crippen LogP contribution in [-0.2, 0) is 14.3 Å². The van der Waals surface area contributed by atoms with Gasteiger partial charge in [0.2, 0.25) is 0 Å². The van der Waals surface area contributed by atoms with E-state index in [1.54, 1.807) is 43.3 Å². The minimum absolute atomic E-state index is 0.0299. The molecule has 24 heavy (non-hydrogen) atoms. The maximum absolute atomic E-state index is 10.9. The lowest BCUT2D eigenvalue weighted by atomic mass is 10.3. The van der Waals surface area contributed by atoms with Crippen LogP contribution in [0.5, 0.6) is 11.5 Å². The molecule has 0 atom stereocenters. The highest BCUT2D eigenvalue weighted by Gasteiger charge is 2.01. The first kappa shape index (κ1) is 19.0. The van der Waals surface area contributed by atoms with Crippen molar-refractivity contribution in [1.29, 1.82) is 0 Å². The topological polar surface area (TPSA) is 82.1 Å². The van der Waals surface area contributed by atoms with Crippen LogP contribution >= 0.6 is 0 Å². The number of rotatable bonds is 7. The summed E-state index contributed by atoms with van der Waals surface area (Å²) in [4.78, 5) is 20.9. The van der Waals surface area contributed by atoms with E-state index in [0.29, 0.717) is 18.1 Å². The number of esters is 1. The van der Waals surface area contributed by atoms with Gasteiger partial charge in [0.25, 0.3) is 0 Å². The van der Waals surface area contributed by atoms with E-state index in [1.807, 2.05) is 24.3 Å². The third kappa shape index (κ3) is 9.09. The summed E-state index contributed by atoms with van der Waals surface area (Å²) in [5.41, 5.74) is 0. The van der Waals surface area contributed by atoms with Crippen molar-refractivity contribution in [2.45, 2.75) is 6.92 Å². The highest BCUT2D eigenvalue weighted by molar-refractivity contribution is 5.71. The van der Waals surface area contributed by atoms with Crippen molar-refractivity contribution in [3.05, 3.63) is 60.7 Å². The Kier molecular flexibility index (Phi) is 9.14. The molecule has 0 aliphatic carbocycles. The van der Waals surface area contributed by atoms with Gasteiger partial charge in [-0.25, -0.2) is 9.59 Å². The zero-order chi connectivity index (χ0) is 17.6. The van der Waals surface area contributed by atoms with Crippen molar-refractivity contribution in [3.8, 4) is 11.5 Å². The number of para-hydroxylation sites is 2. The Balaban J connectivity index is 0.000000243. The smallest absolute Gasteiger partial charge is 0.344 e. The minimum Gasteiger partial charge on any atom is -0.482 e. The summed E-state index contributed by atoms with van der Waals surface area (Å²) in [6.07, 6.45) is 0. The maximum Gasteiger partial charge on any atom is 0.344 e. The van der Waals surface area contributed by atoms with Crippen molar-refractivity contribution in [2.75, 3.05) is 19.8 Å². The average molecular weight is 332 g/mol. The Morgan fingerprint density at radius 3 is 1.71 bits per heavy atom. The largest absolute Gasteiger partial charge is 0.482 e. The van der Waals surface area contributed by atoms with Crippen LogP contribution in [0.1, 0.15) is 6.92 Å². The van der Waals surface area contributed by atoms with E-state index in [0.717, 1.165) is 0 Å². The number of carbonyl (C=O) groups is 2.